The molecule has 0 unspecified atom stereocenters. The molecule has 0 saturated heterocycles. The molecule has 10 heteroatoms. The van der Waals surface area contributed by atoms with Gasteiger partial charge in [-0.3, -0.25) is 0 Å². The largest absolute Gasteiger partial charge is 1.00 e. The van der Waals surface area contributed by atoms with Crippen LogP contribution in [0.2, 0.25) is 0 Å². The molecule has 0 radical (unpaired) electrons. The van der Waals surface area contributed by atoms with Crippen molar-refractivity contribution in [2.75, 3.05) is 13.7 Å². The number of hydrogen-bond acceptors (Lipinski definition) is 2. The summed E-state index contributed by atoms with van der Waals surface area (Å²) in [5, 5.41) is 0. The van der Waals surface area contributed by atoms with E-state index < -0.39 is 43.8 Å². The SMILES string of the molecule is COc1ccc(OCCCC(F)(F)F)c([B-](F)(F)F)c1.[K+]. The van der Waals surface area contributed by atoms with E-state index in [1.165, 1.54) is 13.2 Å². The molecule has 0 aliphatic heterocycles. The van der Waals surface area contributed by atoms with Gasteiger partial charge < -0.3 is 22.4 Å². The second kappa shape index (κ2) is 8.66. The van der Waals surface area contributed by atoms with Gasteiger partial charge in [-0.25, -0.2) is 0 Å². The van der Waals surface area contributed by atoms with E-state index in [-0.39, 0.29) is 57.1 Å². The minimum absolute atomic E-state index is 0. The van der Waals surface area contributed by atoms with Gasteiger partial charge in [-0.15, -0.1) is 0 Å². The predicted molar refractivity (Wildman–Crippen MR) is 62.5 cm³/mol. The number of alkyl halides is 3. The summed E-state index contributed by atoms with van der Waals surface area (Å²) in [7, 11) is 1.21. The first-order chi connectivity index (χ1) is 9.13. The number of halogens is 6. The Hall–Kier alpha value is 0.101. The van der Waals surface area contributed by atoms with Crippen LogP contribution < -0.4 is 66.3 Å². The minimum atomic E-state index is -5.34. The smallest absolute Gasteiger partial charge is 0.497 e. The number of benzene rings is 1. The first-order valence-corrected chi connectivity index (χ1v) is 5.71. The van der Waals surface area contributed by atoms with Crippen LogP contribution in [-0.4, -0.2) is 26.9 Å². The third kappa shape index (κ3) is 7.78. The molecule has 0 aromatic heterocycles. The molecule has 1 aromatic rings. The van der Waals surface area contributed by atoms with Crippen LogP contribution in [0.1, 0.15) is 12.8 Å². The van der Waals surface area contributed by atoms with E-state index in [9.17, 15) is 26.1 Å². The number of rotatable bonds is 6. The van der Waals surface area contributed by atoms with E-state index in [0.29, 0.717) is 0 Å². The van der Waals surface area contributed by atoms with Crippen LogP contribution in [-0.2, 0) is 0 Å². The van der Waals surface area contributed by atoms with Crippen LogP contribution in [0.3, 0.4) is 0 Å². The van der Waals surface area contributed by atoms with Crippen molar-refractivity contribution < 1.29 is 87.0 Å². The summed E-state index contributed by atoms with van der Waals surface area (Å²) in [5.41, 5.74) is -1.02. The van der Waals surface area contributed by atoms with Gasteiger partial charge in [0.2, 0.25) is 0 Å². The fourth-order valence-electron chi connectivity index (χ4n) is 1.50. The van der Waals surface area contributed by atoms with Gasteiger partial charge in [0.05, 0.1) is 19.5 Å². The van der Waals surface area contributed by atoms with Crippen LogP contribution in [0.25, 0.3) is 0 Å². The second-order valence-electron chi connectivity index (χ2n) is 4.05. The molecule has 0 aliphatic carbocycles. The van der Waals surface area contributed by atoms with Gasteiger partial charge in [-0.2, -0.15) is 13.2 Å². The monoisotopic (exact) mass is 340 g/mol. The molecule has 1 aromatic carbocycles. The van der Waals surface area contributed by atoms with Crippen molar-refractivity contribution in [1.29, 1.82) is 0 Å². The Balaban J connectivity index is 0.00000400. The summed E-state index contributed by atoms with van der Waals surface area (Å²) in [4.78, 5) is 0. The summed E-state index contributed by atoms with van der Waals surface area (Å²) in [6.07, 6.45) is -5.85. The van der Waals surface area contributed by atoms with Gasteiger partial charge in [0.1, 0.15) is 5.75 Å². The van der Waals surface area contributed by atoms with Crippen molar-refractivity contribution in [2.24, 2.45) is 0 Å². The molecule has 0 N–H and O–H groups in total. The predicted octanol–water partition coefficient (Wildman–Crippen LogP) is 0.475. The molecule has 0 spiro atoms. The van der Waals surface area contributed by atoms with Gasteiger partial charge in [-0.1, -0.05) is 5.46 Å². The third-order valence-corrected chi connectivity index (χ3v) is 2.43. The van der Waals surface area contributed by atoms with Gasteiger partial charge in [0.15, 0.2) is 0 Å². The Labute approximate surface area is 160 Å². The zero-order valence-corrected chi connectivity index (χ0v) is 14.6. The Morgan fingerprint density at radius 1 is 1.14 bits per heavy atom. The van der Waals surface area contributed by atoms with Gasteiger partial charge in [0.25, 0.3) is 0 Å². The van der Waals surface area contributed by atoms with E-state index in [2.05, 4.69) is 4.74 Å². The first kappa shape index (κ1) is 21.1. The molecule has 2 nitrogen and oxygen atoms in total. The van der Waals surface area contributed by atoms with Crippen LogP contribution in [0.4, 0.5) is 26.1 Å². The van der Waals surface area contributed by atoms with Crippen LogP contribution in [0.15, 0.2) is 18.2 Å². The van der Waals surface area contributed by atoms with Crippen molar-refractivity contribution in [2.45, 2.75) is 19.0 Å². The molecule has 0 aliphatic rings. The molecule has 1 rings (SSSR count). The average Bonchev–Trinajstić information content (AvgIpc) is 2.32. The first-order valence-electron chi connectivity index (χ1n) is 5.71. The maximum Gasteiger partial charge on any atom is 1.00 e. The quantitative estimate of drug-likeness (QED) is 0.426. The summed E-state index contributed by atoms with van der Waals surface area (Å²) in [6.45, 7) is -5.78. The standard InChI is InChI=1S/C11H12BF6O2.K/c1-19-8-3-4-10(9(7-8)12(16,17)18)20-6-2-5-11(13,14)15;/h3-4,7H,2,5-6H2,1H3;/q-1;+1. The van der Waals surface area contributed by atoms with E-state index >= 15 is 0 Å². The number of methoxy groups -OCH3 is 1. The molecule has 0 heterocycles. The number of hydrogen-bond donors (Lipinski definition) is 0. The molecule has 0 fully saturated rings. The van der Waals surface area contributed by atoms with Gasteiger partial charge in [0, 0.05) is 6.42 Å². The molecule has 21 heavy (non-hydrogen) atoms. The van der Waals surface area contributed by atoms with E-state index in [1.54, 1.807) is 0 Å². The zero-order chi connectivity index (χ0) is 15.4. The van der Waals surface area contributed by atoms with Crippen molar-refractivity contribution in [3.05, 3.63) is 18.2 Å². The summed E-state index contributed by atoms with van der Waals surface area (Å²) >= 11 is 0. The molecule has 0 amide bonds. The fourth-order valence-corrected chi connectivity index (χ4v) is 1.50. The minimum Gasteiger partial charge on any atom is -0.497 e. The van der Waals surface area contributed by atoms with Crippen molar-refractivity contribution in [3.63, 3.8) is 0 Å². The summed E-state index contributed by atoms with van der Waals surface area (Å²) in [5.74, 6) is -0.484. The number of ether oxygens (including phenoxy) is 2. The molecule has 114 valence electrons. The Morgan fingerprint density at radius 2 is 1.76 bits per heavy atom. The van der Waals surface area contributed by atoms with Gasteiger partial charge >= 0.3 is 64.5 Å². The summed E-state index contributed by atoms with van der Waals surface area (Å²) < 4.78 is 83.6. The maximum absolute atomic E-state index is 12.8. The molecule has 0 saturated carbocycles. The van der Waals surface area contributed by atoms with E-state index in [4.69, 9.17) is 4.74 Å². The van der Waals surface area contributed by atoms with E-state index in [0.717, 1.165) is 12.1 Å². The van der Waals surface area contributed by atoms with Crippen LogP contribution in [0, 0.1) is 0 Å². The molecule has 0 atom stereocenters. The topological polar surface area (TPSA) is 18.5 Å². The van der Waals surface area contributed by atoms with Gasteiger partial charge in [-0.05, 0) is 24.6 Å². The third-order valence-electron chi connectivity index (χ3n) is 2.43. The zero-order valence-electron chi connectivity index (χ0n) is 11.5. The van der Waals surface area contributed by atoms with Crippen LogP contribution in [0.5, 0.6) is 11.5 Å². The summed E-state index contributed by atoms with van der Waals surface area (Å²) in [6, 6.07) is 3.06. The molecular formula is C11H12BF6KO2. The van der Waals surface area contributed by atoms with Crippen molar-refractivity contribution in [1.82, 2.24) is 0 Å². The average molecular weight is 340 g/mol. The van der Waals surface area contributed by atoms with Crippen molar-refractivity contribution >= 4 is 12.4 Å². The second-order valence-corrected chi connectivity index (χ2v) is 4.05. The maximum atomic E-state index is 12.8. The van der Waals surface area contributed by atoms with Crippen molar-refractivity contribution in [3.8, 4) is 11.5 Å². The Bertz CT molecular complexity index is 449. The van der Waals surface area contributed by atoms with Crippen LogP contribution >= 0.6 is 0 Å². The Morgan fingerprint density at radius 3 is 2.24 bits per heavy atom. The normalized spacial score (nSPS) is 11.8. The Kier molecular flexibility index (Phi) is 8.70. The van der Waals surface area contributed by atoms with E-state index in [1.807, 2.05) is 0 Å². The molecular weight excluding hydrogens is 328 g/mol. The fraction of sp³-hybridized carbons (Fsp3) is 0.455. The molecule has 0 bridgehead atoms.